The van der Waals surface area contributed by atoms with Crippen LogP contribution in [0.4, 0.5) is 0 Å². The highest BCUT2D eigenvalue weighted by Crippen LogP contribution is 2.38. The standard InChI is InChI=1S/C40H20N6/c41-21-25-9-15-33-31-5-1-3-7-37(31)45(39(33)17-25)29-13-11-27(23-43)35(19-29)36-20-30(14-12-28(36)24-44)46-38-8-4-2-6-32(38)34-16-10-26(22-42)18-40(34)46/h1-20H. The maximum Gasteiger partial charge on any atom is 0.0998 e. The summed E-state index contributed by atoms with van der Waals surface area (Å²) in [4.78, 5) is 0. The Hall–Kier alpha value is -7.12. The van der Waals surface area contributed by atoms with Crippen molar-refractivity contribution in [2.24, 2.45) is 0 Å². The van der Waals surface area contributed by atoms with E-state index in [-0.39, 0.29) is 0 Å². The Morgan fingerprint density at radius 2 is 0.783 bits per heavy atom. The minimum Gasteiger partial charge on any atom is -0.309 e. The number of rotatable bonds is 3. The van der Waals surface area contributed by atoms with Gasteiger partial charge in [-0.3, -0.25) is 0 Å². The lowest BCUT2D eigenvalue weighted by Crippen LogP contribution is -1.99. The molecule has 0 aliphatic heterocycles. The van der Waals surface area contributed by atoms with Gasteiger partial charge in [0.05, 0.1) is 68.6 Å². The van der Waals surface area contributed by atoms with E-state index in [1.807, 2.05) is 97.1 Å². The molecular weight excluding hydrogens is 564 g/mol. The van der Waals surface area contributed by atoms with Crippen LogP contribution in [0.5, 0.6) is 0 Å². The van der Waals surface area contributed by atoms with Gasteiger partial charge in [-0.05, 0) is 72.8 Å². The maximum atomic E-state index is 10.3. The van der Waals surface area contributed by atoms with Gasteiger partial charge in [0, 0.05) is 44.0 Å². The molecule has 0 atom stereocenters. The molecule has 46 heavy (non-hydrogen) atoms. The van der Waals surface area contributed by atoms with Crippen LogP contribution >= 0.6 is 0 Å². The van der Waals surface area contributed by atoms with Gasteiger partial charge in [0.1, 0.15) is 0 Å². The number of hydrogen-bond donors (Lipinski definition) is 0. The first kappa shape index (κ1) is 26.5. The molecule has 0 saturated carbocycles. The normalized spacial score (nSPS) is 11.0. The Morgan fingerprint density at radius 3 is 1.20 bits per heavy atom. The zero-order valence-corrected chi connectivity index (χ0v) is 24.2. The first-order valence-electron chi connectivity index (χ1n) is 14.6. The second-order valence-electron chi connectivity index (χ2n) is 11.1. The second kappa shape index (κ2) is 10.3. The topological polar surface area (TPSA) is 105 Å². The van der Waals surface area contributed by atoms with E-state index in [2.05, 4.69) is 45.5 Å². The van der Waals surface area contributed by atoms with Gasteiger partial charge in [0.15, 0.2) is 0 Å². The molecule has 0 aliphatic carbocycles. The lowest BCUT2D eigenvalue weighted by atomic mass is 9.95. The molecule has 2 aromatic heterocycles. The second-order valence-corrected chi connectivity index (χ2v) is 11.1. The molecule has 0 bridgehead atoms. The average molecular weight is 585 g/mol. The van der Waals surface area contributed by atoms with Crippen LogP contribution in [0.15, 0.2) is 121 Å². The predicted octanol–water partition coefficient (Wildman–Crippen LogP) is 9.03. The van der Waals surface area contributed by atoms with Crippen LogP contribution in [0.3, 0.4) is 0 Å². The van der Waals surface area contributed by atoms with Crippen LogP contribution in [0.25, 0.3) is 66.1 Å². The van der Waals surface area contributed by atoms with E-state index in [0.717, 1.165) is 55.0 Å². The van der Waals surface area contributed by atoms with Gasteiger partial charge in [0.2, 0.25) is 0 Å². The quantitative estimate of drug-likeness (QED) is 0.207. The molecule has 6 heteroatoms. The van der Waals surface area contributed by atoms with Crippen molar-refractivity contribution in [1.29, 1.82) is 21.0 Å². The highest BCUT2D eigenvalue weighted by Gasteiger charge is 2.19. The minimum atomic E-state index is 0.435. The summed E-state index contributed by atoms with van der Waals surface area (Å²) >= 11 is 0. The summed E-state index contributed by atoms with van der Waals surface area (Å²) in [6.45, 7) is 0. The molecule has 0 amide bonds. The fraction of sp³-hybridized carbons (Fsp3) is 0. The van der Waals surface area contributed by atoms with E-state index in [9.17, 15) is 21.0 Å². The number of para-hydroxylation sites is 2. The molecule has 0 radical (unpaired) electrons. The van der Waals surface area contributed by atoms with Crippen molar-refractivity contribution in [3.8, 4) is 46.8 Å². The van der Waals surface area contributed by atoms with Crippen LogP contribution in [-0.2, 0) is 0 Å². The molecule has 2 heterocycles. The Bertz CT molecular complexity index is 2560. The summed E-state index contributed by atoms with van der Waals surface area (Å²) in [6.07, 6.45) is 0. The third kappa shape index (κ3) is 3.86. The molecule has 0 saturated heterocycles. The highest BCUT2D eigenvalue weighted by molar-refractivity contribution is 6.10. The molecule has 0 fully saturated rings. The Labute approximate surface area is 263 Å². The van der Waals surface area contributed by atoms with Gasteiger partial charge < -0.3 is 9.13 Å². The number of fused-ring (bicyclic) bond motifs is 6. The Balaban J connectivity index is 1.41. The van der Waals surface area contributed by atoms with Gasteiger partial charge in [-0.1, -0.05) is 48.5 Å². The van der Waals surface area contributed by atoms with Gasteiger partial charge >= 0.3 is 0 Å². The first-order valence-corrected chi connectivity index (χ1v) is 14.6. The van der Waals surface area contributed by atoms with Gasteiger partial charge in [0.25, 0.3) is 0 Å². The van der Waals surface area contributed by atoms with E-state index < -0.39 is 0 Å². The van der Waals surface area contributed by atoms with Crippen LogP contribution in [0.2, 0.25) is 0 Å². The van der Waals surface area contributed by atoms with Gasteiger partial charge in [-0.25, -0.2) is 0 Å². The molecule has 8 rings (SSSR count). The largest absolute Gasteiger partial charge is 0.309 e. The molecule has 8 aromatic rings. The number of nitrogens with zero attached hydrogens (tertiary/aromatic N) is 6. The van der Waals surface area contributed by atoms with Crippen LogP contribution in [-0.4, -0.2) is 9.13 Å². The van der Waals surface area contributed by atoms with E-state index in [1.165, 1.54) is 0 Å². The van der Waals surface area contributed by atoms with Crippen LogP contribution in [0.1, 0.15) is 22.3 Å². The molecule has 0 aliphatic rings. The van der Waals surface area contributed by atoms with Crippen molar-refractivity contribution >= 4 is 43.6 Å². The maximum absolute atomic E-state index is 10.3. The average Bonchev–Trinajstić information content (AvgIpc) is 3.63. The summed E-state index contributed by atoms with van der Waals surface area (Å²) < 4.78 is 4.20. The lowest BCUT2D eigenvalue weighted by Gasteiger charge is -2.15. The van der Waals surface area contributed by atoms with E-state index in [0.29, 0.717) is 33.4 Å². The van der Waals surface area contributed by atoms with Crippen LogP contribution < -0.4 is 0 Å². The van der Waals surface area contributed by atoms with Crippen molar-refractivity contribution in [1.82, 2.24) is 9.13 Å². The van der Waals surface area contributed by atoms with E-state index >= 15 is 0 Å². The minimum absolute atomic E-state index is 0.435. The van der Waals surface area contributed by atoms with Crippen molar-refractivity contribution in [2.45, 2.75) is 0 Å². The molecule has 6 nitrogen and oxygen atoms in total. The number of aromatic nitrogens is 2. The van der Waals surface area contributed by atoms with Gasteiger partial charge in [-0.15, -0.1) is 0 Å². The number of hydrogen-bond acceptors (Lipinski definition) is 4. The molecule has 6 aromatic carbocycles. The Kier molecular flexibility index (Phi) is 5.91. The summed E-state index contributed by atoms with van der Waals surface area (Å²) in [6, 6.07) is 47.9. The van der Waals surface area contributed by atoms with Crippen molar-refractivity contribution in [2.75, 3.05) is 0 Å². The fourth-order valence-corrected chi connectivity index (χ4v) is 6.62. The monoisotopic (exact) mass is 584 g/mol. The van der Waals surface area contributed by atoms with Crippen molar-refractivity contribution < 1.29 is 0 Å². The van der Waals surface area contributed by atoms with Crippen molar-refractivity contribution in [3.05, 3.63) is 144 Å². The third-order valence-electron chi connectivity index (χ3n) is 8.66. The number of nitriles is 4. The highest BCUT2D eigenvalue weighted by atomic mass is 15.0. The SMILES string of the molecule is N#Cc1ccc2c3ccccc3n(-c3ccc(C#N)c(-c4cc(-n5c6ccccc6c6ccc(C#N)cc65)ccc4C#N)c3)c2c1. The summed E-state index contributed by atoms with van der Waals surface area (Å²) in [5.74, 6) is 0. The van der Waals surface area contributed by atoms with Gasteiger partial charge in [-0.2, -0.15) is 21.0 Å². The molecule has 210 valence electrons. The molecular formula is C40H20N6. The smallest absolute Gasteiger partial charge is 0.0998 e. The fourth-order valence-electron chi connectivity index (χ4n) is 6.62. The zero-order chi connectivity index (χ0) is 31.4. The van der Waals surface area contributed by atoms with Crippen LogP contribution in [0, 0.1) is 45.3 Å². The first-order chi connectivity index (χ1) is 22.6. The van der Waals surface area contributed by atoms with E-state index in [1.54, 1.807) is 12.1 Å². The predicted molar refractivity (Wildman–Crippen MR) is 179 cm³/mol. The molecule has 0 spiro atoms. The number of benzene rings is 6. The summed E-state index contributed by atoms with van der Waals surface area (Å²) in [7, 11) is 0. The lowest BCUT2D eigenvalue weighted by molar-refractivity contribution is 1.17. The molecule has 0 unspecified atom stereocenters. The third-order valence-corrected chi connectivity index (χ3v) is 8.66. The van der Waals surface area contributed by atoms with Crippen molar-refractivity contribution in [3.63, 3.8) is 0 Å². The van der Waals surface area contributed by atoms with E-state index in [4.69, 9.17) is 0 Å². The summed E-state index contributed by atoms with van der Waals surface area (Å²) in [5, 5.41) is 44.0. The zero-order valence-electron chi connectivity index (χ0n) is 24.2. The summed E-state index contributed by atoms with van der Waals surface area (Å²) in [5.41, 5.74) is 8.53. The Morgan fingerprint density at radius 1 is 0.370 bits per heavy atom. The molecule has 0 N–H and O–H groups in total.